The van der Waals surface area contributed by atoms with Crippen LogP contribution in [0.1, 0.15) is 11.4 Å². The van der Waals surface area contributed by atoms with Crippen molar-refractivity contribution in [2.75, 3.05) is 0 Å². The summed E-state index contributed by atoms with van der Waals surface area (Å²) < 4.78 is 4.98. The van der Waals surface area contributed by atoms with Gasteiger partial charge in [0.2, 0.25) is 0 Å². The fourth-order valence-electron chi connectivity index (χ4n) is 0.946. The van der Waals surface area contributed by atoms with E-state index in [9.17, 15) is 0 Å². The predicted molar refractivity (Wildman–Crippen MR) is 39.1 cm³/mol. The zero-order chi connectivity index (χ0) is 7.84. The molecule has 0 spiro atoms. The van der Waals surface area contributed by atoms with Crippen molar-refractivity contribution in [3.8, 4) is 0 Å². The Morgan fingerprint density at radius 3 is 2.91 bits per heavy atom. The largest absolute Gasteiger partial charge is 0.354 e. The highest BCUT2D eigenvalue weighted by Gasteiger charge is 2.04. The van der Waals surface area contributed by atoms with Crippen LogP contribution in [0.25, 0.3) is 11.1 Å². The van der Waals surface area contributed by atoms with Crippen LogP contribution in [0.15, 0.2) is 10.6 Å². The van der Waals surface area contributed by atoms with E-state index < -0.39 is 0 Å². The fraction of sp³-hybridized carbons (Fsp3) is 0.286. The van der Waals surface area contributed by atoms with Crippen molar-refractivity contribution in [1.82, 2.24) is 15.4 Å². The molecule has 0 radical (unpaired) electrons. The number of hydrogen-bond acceptors (Lipinski definition) is 4. The maximum Gasteiger partial charge on any atom is 0.189 e. The Hall–Kier alpha value is -1.45. The molecular formula is C7H7N3O. The van der Waals surface area contributed by atoms with Gasteiger partial charge in [0.15, 0.2) is 11.1 Å². The van der Waals surface area contributed by atoms with Crippen LogP contribution in [-0.4, -0.2) is 15.4 Å². The van der Waals surface area contributed by atoms with Crippen LogP contribution in [0, 0.1) is 13.8 Å². The Labute approximate surface area is 63.2 Å². The molecule has 2 rings (SSSR count). The molecule has 0 atom stereocenters. The van der Waals surface area contributed by atoms with Gasteiger partial charge >= 0.3 is 0 Å². The van der Waals surface area contributed by atoms with Crippen molar-refractivity contribution in [2.24, 2.45) is 0 Å². The van der Waals surface area contributed by atoms with Gasteiger partial charge in [-0.1, -0.05) is 5.16 Å². The van der Waals surface area contributed by atoms with E-state index in [1.165, 1.54) is 0 Å². The molecule has 2 aromatic heterocycles. The van der Waals surface area contributed by atoms with E-state index in [0.29, 0.717) is 5.58 Å². The van der Waals surface area contributed by atoms with Crippen LogP contribution in [-0.2, 0) is 0 Å². The first-order valence-corrected chi connectivity index (χ1v) is 3.33. The van der Waals surface area contributed by atoms with Gasteiger partial charge in [0.1, 0.15) is 5.69 Å². The Morgan fingerprint density at radius 2 is 2.09 bits per heavy atom. The summed E-state index contributed by atoms with van der Waals surface area (Å²) in [5.74, 6) is 0. The molecule has 0 aromatic carbocycles. The monoisotopic (exact) mass is 149 g/mol. The van der Waals surface area contributed by atoms with Gasteiger partial charge in [0.05, 0.1) is 5.69 Å². The van der Waals surface area contributed by atoms with E-state index in [0.717, 1.165) is 16.9 Å². The summed E-state index contributed by atoms with van der Waals surface area (Å²) >= 11 is 0. The highest BCUT2D eigenvalue weighted by Crippen LogP contribution is 2.13. The molecule has 0 saturated heterocycles. The second kappa shape index (κ2) is 2.02. The van der Waals surface area contributed by atoms with Crippen LogP contribution >= 0.6 is 0 Å². The number of hydrogen-bond donors (Lipinski definition) is 0. The van der Waals surface area contributed by atoms with Gasteiger partial charge in [-0.3, -0.25) is 0 Å². The lowest BCUT2D eigenvalue weighted by atomic mass is 10.3. The SMILES string of the molecule is Cc1cc2onc(C)c2nn1. The average molecular weight is 149 g/mol. The van der Waals surface area contributed by atoms with E-state index >= 15 is 0 Å². The second-order valence-electron chi connectivity index (χ2n) is 2.47. The molecule has 0 aliphatic heterocycles. The lowest BCUT2D eigenvalue weighted by Gasteiger charge is -1.86. The highest BCUT2D eigenvalue weighted by atomic mass is 16.5. The Balaban J connectivity index is 2.86. The van der Waals surface area contributed by atoms with Crippen molar-refractivity contribution in [3.05, 3.63) is 17.5 Å². The zero-order valence-corrected chi connectivity index (χ0v) is 6.33. The van der Waals surface area contributed by atoms with Crippen molar-refractivity contribution in [1.29, 1.82) is 0 Å². The molecule has 0 unspecified atom stereocenters. The molecule has 0 bridgehead atoms. The van der Waals surface area contributed by atoms with Gasteiger partial charge in [0, 0.05) is 6.07 Å². The minimum atomic E-state index is 0.704. The van der Waals surface area contributed by atoms with Gasteiger partial charge in [-0.25, -0.2) is 0 Å². The third-order valence-electron chi connectivity index (χ3n) is 1.50. The first-order valence-electron chi connectivity index (χ1n) is 3.33. The summed E-state index contributed by atoms with van der Waals surface area (Å²) in [6.07, 6.45) is 0. The van der Waals surface area contributed by atoms with Gasteiger partial charge < -0.3 is 4.52 Å². The lowest BCUT2D eigenvalue weighted by Crippen LogP contribution is -1.85. The third kappa shape index (κ3) is 0.869. The maximum absolute atomic E-state index is 4.98. The van der Waals surface area contributed by atoms with Crippen LogP contribution < -0.4 is 0 Å². The first kappa shape index (κ1) is 6.27. The van der Waals surface area contributed by atoms with Gasteiger partial charge in [-0.05, 0) is 13.8 Å². The summed E-state index contributed by atoms with van der Waals surface area (Å²) in [5.41, 5.74) is 3.08. The molecule has 2 aromatic rings. The average Bonchev–Trinajstić information content (AvgIpc) is 2.32. The number of aromatic nitrogens is 3. The Morgan fingerprint density at radius 1 is 1.27 bits per heavy atom. The quantitative estimate of drug-likeness (QED) is 0.565. The molecule has 2 heterocycles. The zero-order valence-electron chi connectivity index (χ0n) is 6.33. The standard InChI is InChI=1S/C7H7N3O/c1-4-3-6-7(9-8-4)5(2)10-11-6/h3H,1-2H3. The number of nitrogens with zero attached hydrogens (tertiary/aromatic N) is 3. The molecule has 0 amide bonds. The molecule has 4 heteroatoms. The van der Waals surface area contributed by atoms with Crippen LogP contribution in [0.5, 0.6) is 0 Å². The highest BCUT2D eigenvalue weighted by molar-refractivity contribution is 5.73. The maximum atomic E-state index is 4.98. The lowest BCUT2D eigenvalue weighted by molar-refractivity contribution is 0.450. The summed E-state index contributed by atoms with van der Waals surface area (Å²) in [7, 11) is 0. The minimum absolute atomic E-state index is 0.704. The Kier molecular flexibility index (Phi) is 1.15. The molecule has 0 saturated carbocycles. The predicted octanol–water partition coefficient (Wildman–Crippen LogP) is 1.23. The number of rotatable bonds is 0. The molecule has 0 fully saturated rings. The van der Waals surface area contributed by atoms with Crippen LogP contribution in [0.4, 0.5) is 0 Å². The van der Waals surface area contributed by atoms with E-state index in [1.54, 1.807) is 0 Å². The third-order valence-corrected chi connectivity index (χ3v) is 1.50. The number of aryl methyl sites for hydroxylation is 2. The summed E-state index contributed by atoms with van der Waals surface area (Å²) in [5, 5.41) is 11.6. The van der Waals surface area contributed by atoms with Crippen LogP contribution in [0.3, 0.4) is 0 Å². The summed E-state index contributed by atoms with van der Waals surface area (Å²) in [4.78, 5) is 0. The minimum Gasteiger partial charge on any atom is -0.354 e. The van der Waals surface area contributed by atoms with Crippen molar-refractivity contribution in [3.63, 3.8) is 0 Å². The van der Waals surface area contributed by atoms with Crippen molar-refractivity contribution < 1.29 is 4.52 Å². The molecule has 56 valence electrons. The van der Waals surface area contributed by atoms with E-state index in [-0.39, 0.29) is 0 Å². The molecule has 4 nitrogen and oxygen atoms in total. The molecule has 0 N–H and O–H groups in total. The number of fused-ring (bicyclic) bond motifs is 1. The van der Waals surface area contributed by atoms with E-state index in [4.69, 9.17) is 4.52 Å². The topological polar surface area (TPSA) is 51.8 Å². The van der Waals surface area contributed by atoms with Crippen molar-refractivity contribution >= 4 is 11.1 Å². The summed E-state index contributed by atoms with van der Waals surface area (Å²) in [6, 6.07) is 1.82. The van der Waals surface area contributed by atoms with Crippen molar-refractivity contribution in [2.45, 2.75) is 13.8 Å². The van der Waals surface area contributed by atoms with Crippen LogP contribution in [0.2, 0.25) is 0 Å². The normalized spacial score (nSPS) is 10.7. The van der Waals surface area contributed by atoms with Gasteiger partial charge in [0.25, 0.3) is 0 Å². The molecule has 0 aliphatic rings. The fourth-order valence-corrected chi connectivity index (χ4v) is 0.946. The van der Waals surface area contributed by atoms with E-state index in [2.05, 4.69) is 15.4 Å². The smallest absolute Gasteiger partial charge is 0.189 e. The first-order chi connectivity index (χ1) is 5.27. The van der Waals surface area contributed by atoms with Gasteiger partial charge in [-0.15, -0.1) is 5.10 Å². The molecule has 0 aliphatic carbocycles. The van der Waals surface area contributed by atoms with E-state index in [1.807, 2.05) is 19.9 Å². The molecule has 11 heavy (non-hydrogen) atoms. The Bertz CT molecular complexity index is 393. The second-order valence-corrected chi connectivity index (χ2v) is 2.47. The molecular weight excluding hydrogens is 142 g/mol. The van der Waals surface area contributed by atoms with Gasteiger partial charge in [-0.2, -0.15) is 5.10 Å². The summed E-state index contributed by atoms with van der Waals surface area (Å²) in [6.45, 7) is 3.71.